The quantitative estimate of drug-likeness (QED) is 0.258. The van der Waals surface area contributed by atoms with E-state index in [0.717, 1.165) is 33.6 Å². The first-order valence-electron chi connectivity index (χ1n) is 11.0. The van der Waals surface area contributed by atoms with Crippen LogP contribution in [-0.4, -0.2) is 12.1 Å². The zero-order chi connectivity index (χ0) is 23.9. The van der Waals surface area contributed by atoms with Gasteiger partial charge in [0.1, 0.15) is 0 Å². The van der Waals surface area contributed by atoms with Gasteiger partial charge < -0.3 is 21.3 Å². The third-order valence-corrected chi connectivity index (χ3v) is 5.41. The van der Waals surface area contributed by atoms with Gasteiger partial charge in [0.15, 0.2) is 0 Å². The van der Waals surface area contributed by atoms with Gasteiger partial charge in [0.05, 0.1) is 0 Å². The fourth-order valence-electron chi connectivity index (χ4n) is 3.49. The molecule has 6 heteroatoms. The molecule has 0 saturated carbocycles. The van der Waals surface area contributed by atoms with Gasteiger partial charge in [0.25, 0.3) is 0 Å². The molecule has 6 nitrogen and oxygen atoms in total. The Kier molecular flexibility index (Phi) is 6.89. The average molecular weight is 451 g/mol. The van der Waals surface area contributed by atoms with Crippen LogP contribution in [-0.2, 0) is 0 Å². The molecule has 4 N–H and O–H groups in total. The molecule has 4 amide bonds. The summed E-state index contributed by atoms with van der Waals surface area (Å²) in [5, 5.41) is 11.4. The van der Waals surface area contributed by atoms with E-state index in [9.17, 15) is 9.59 Å². The second-order valence-corrected chi connectivity index (χ2v) is 7.94. The van der Waals surface area contributed by atoms with Crippen LogP contribution in [0.1, 0.15) is 11.1 Å². The Labute approximate surface area is 199 Å². The highest BCUT2D eigenvalue weighted by Gasteiger charge is 2.07. The van der Waals surface area contributed by atoms with Gasteiger partial charge in [0.2, 0.25) is 0 Å². The highest BCUT2D eigenvalue weighted by Crippen LogP contribution is 2.24. The van der Waals surface area contributed by atoms with Crippen LogP contribution in [0.25, 0.3) is 11.1 Å². The van der Waals surface area contributed by atoms with Crippen molar-refractivity contribution in [1.29, 1.82) is 0 Å². The minimum Gasteiger partial charge on any atom is -0.308 e. The van der Waals surface area contributed by atoms with E-state index in [4.69, 9.17) is 0 Å². The SMILES string of the molecule is Cc1ccccc1NC(=O)Nc1ccc(-c2ccc(NC(=O)Nc3ccccc3C)cc2)cc1. The van der Waals surface area contributed by atoms with Gasteiger partial charge in [-0.25, -0.2) is 9.59 Å². The van der Waals surface area contributed by atoms with Gasteiger partial charge in [-0.2, -0.15) is 0 Å². The van der Waals surface area contributed by atoms with Crippen molar-refractivity contribution < 1.29 is 9.59 Å². The molecule has 0 radical (unpaired) electrons. The van der Waals surface area contributed by atoms with E-state index in [2.05, 4.69) is 21.3 Å². The molecule has 0 fully saturated rings. The molecule has 0 saturated heterocycles. The first-order valence-corrected chi connectivity index (χ1v) is 11.0. The first kappa shape index (κ1) is 22.6. The van der Waals surface area contributed by atoms with Crippen molar-refractivity contribution in [3.8, 4) is 11.1 Å². The van der Waals surface area contributed by atoms with E-state index < -0.39 is 0 Å². The maximum absolute atomic E-state index is 12.3. The fraction of sp³-hybridized carbons (Fsp3) is 0.0714. The standard InChI is InChI=1S/C28H26N4O2/c1-19-7-3-5-9-25(19)31-27(33)29-23-15-11-21(12-16-23)22-13-17-24(18-14-22)30-28(34)32-26-10-6-4-8-20(26)2/h3-18H,1-2H3,(H2,29,31,33)(H2,30,32,34). The molecule has 0 aliphatic carbocycles. The molecule has 4 rings (SSSR count). The predicted molar refractivity (Wildman–Crippen MR) is 140 cm³/mol. The number of hydrogen-bond donors (Lipinski definition) is 4. The van der Waals surface area contributed by atoms with E-state index in [0.29, 0.717) is 11.4 Å². The van der Waals surface area contributed by atoms with Crippen molar-refractivity contribution in [3.63, 3.8) is 0 Å². The van der Waals surface area contributed by atoms with Crippen LogP contribution < -0.4 is 21.3 Å². The lowest BCUT2D eigenvalue weighted by atomic mass is 10.1. The van der Waals surface area contributed by atoms with Gasteiger partial charge in [-0.05, 0) is 72.5 Å². The molecule has 0 unspecified atom stereocenters. The summed E-state index contributed by atoms with van der Waals surface area (Å²) in [6.07, 6.45) is 0. The lowest BCUT2D eigenvalue weighted by molar-refractivity contribution is 0.261. The largest absolute Gasteiger partial charge is 0.323 e. The number of urea groups is 2. The number of anilines is 4. The summed E-state index contributed by atoms with van der Waals surface area (Å²) < 4.78 is 0. The van der Waals surface area contributed by atoms with Gasteiger partial charge in [-0.3, -0.25) is 0 Å². The van der Waals surface area contributed by atoms with Crippen molar-refractivity contribution in [3.05, 3.63) is 108 Å². The van der Waals surface area contributed by atoms with Crippen LogP contribution in [0.3, 0.4) is 0 Å². The van der Waals surface area contributed by atoms with Crippen LogP contribution in [0.5, 0.6) is 0 Å². The molecule has 34 heavy (non-hydrogen) atoms. The second kappa shape index (κ2) is 10.4. The van der Waals surface area contributed by atoms with Gasteiger partial charge in [-0.1, -0.05) is 60.7 Å². The minimum absolute atomic E-state index is 0.290. The molecule has 0 aliphatic rings. The normalized spacial score (nSPS) is 10.3. The minimum atomic E-state index is -0.290. The summed E-state index contributed by atoms with van der Waals surface area (Å²) in [6, 6.07) is 29.9. The van der Waals surface area contributed by atoms with Crippen molar-refractivity contribution in [1.82, 2.24) is 0 Å². The maximum Gasteiger partial charge on any atom is 0.323 e. The summed E-state index contributed by atoms with van der Waals surface area (Å²) in [4.78, 5) is 24.6. The number of carbonyl (C=O) groups is 2. The number of carbonyl (C=O) groups excluding carboxylic acids is 2. The Morgan fingerprint density at radius 3 is 1.18 bits per heavy atom. The molecule has 4 aromatic rings. The number of aryl methyl sites for hydroxylation is 2. The summed E-state index contributed by atoms with van der Waals surface area (Å²) in [5.74, 6) is 0. The summed E-state index contributed by atoms with van der Waals surface area (Å²) in [5.41, 5.74) is 6.94. The Hall–Kier alpha value is -4.58. The summed E-state index contributed by atoms with van der Waals surface area (Å²) in [7, 11) is 0. The van der Waals surface area contributed by atoms with Crippen molar-refractivity contribution in [2.45, 2.75) is 13.8 Å². The average Bonchev–Trinajstić information content (AvgIpc) is 2.83. The lowest BCUT2D eigenvalue weighted by Crippen LogP contribution is -2.19. The van der Waals surface area contributed by atoms with Gasteiger partial charge in [-0.15, -0.1) is 0 Å². The number of benzene rings is 4. The number of nitrogens with one attached hydrogen (secondary N) is 4. The van der Waals surface area contributed by atoms with E-state index >= 15 is 0 Å². The Morgan fingerprint density at radius 2 is 0.824 bits per heavy atom. The van der Waals surface area contributed by atoms with E-state index in [1.807, 2.05) is 111 Å². The van der Waals surface area contributed by atoms with Crippen LogP contribution in [0.15, 0.2) is 97.1 Å². The van der Waals surface area contributed by atoms with Crippen LogP contribution in [0.2, 0.25) is 0 Å². The molecular formula is C28H26N4O2. The highest BCUT2D eigenvalue weighted by atomic mass is 16.2. The fourth-order valence-corrected chi connectivity index (χ4v) is 3.49. The summed E-state index contributed by atoms with van der Waals surface area (Å²) >= 11 is 0. The van der Waals surface area contributed by atoms with Crippen LogP contribution >= 0.6 is 0 Å². The zero-order valence-corrected chi connectivity index (χ0v) is 19.1. The van der Waals surface area contributed by atoms with Crippen LogP contribution in [0.4, 0.5) is 32.3 Å². The van der Waals surface area contributed by atoms with Crippen molar-refractivity contribution in [2.75, 3.05) is 21.3 Å². The smallest absolute Gasteiger partial charge is 0.308 e. The maximum atomic E-state index is 12.3. The zero-order valence-electron chi connectivity index (χ0n) is 19.1. The number of hydrogen-bond acceptors (Lipinski definition) is 2. The van der Waals surface area contributed by atoms with E-state index in [-0.39, 0.29) is 12.1 Å². The lowest BCUT2D eigenvalue weighted by Gasteiger charge is -2.11. The molecule has 0 aliphatic heterocycles. The van der Waals surface area contributed by atoms with Crippen molar-refractivity contribution >= 4 is 34.8 Å². The molecular weight excluding hydrogens is 424 g/mol. The third kappa shape index (κ3) is 5.81. The number of para-hydroxylation sites is 2. The first-order chi connectivity index (χ1) is 16.5. The molecule has 170 valence electrons. The Balaban J connectivity index is 1.34. The Bertz CT molecular complexity index is 1200. The van der Waals surface area contributed by atoms with Gasteiger partial charge in [0, 0.05) is 22.7 Å². The molecule has 0 spiro atoms. The van der Waals surface area contributed by atoms with Crippen LogP contribution in [0, 0.1) is 13.8 Å². The molecule has 0 aromatic heterocycles. The number of amides is 4. The predicted octanol–water partition coefficient (Wildman–Crippen LogP) is 7.26. The number of rotatable bonds is 5. The van der Waals surface area contributed by atoms with Crippen molar-refractivity contribution in [2.24, 2.45) is 0 Å². The van der Waals surface area contributed by atoms with Gasteiger partial charge >= 0.3 is 12.1 Å². The summed E-state index contributed by atoms with van der Waals surface area (Å²) in [6.45, 7) is 3.89. The Morgan fingerprint density at radius 1 is 0.471 bits per heavy atom. The molecule has 4 aromatic carbocycles. The molecule has 0 heterocycles. The van der Waals surface area contributed by atoms with E-state index in [1.54, 1.807) is 0 Å². The third-order valence-electron chi connectivity index (χ3n) is 5.41. The van der Waals surface area contributed by atoms with E-state index in [1.165, 1.54) is 0 Å². The topological polar surface area (TPSA) is 82.3 Å². The monoisotopic (exact) mass is 450 g/mol. The molecule has 0 bridgehead atoms. The molecule has 0 atom stereocenters. The highest BCUT2D eigenvalue weighted by molar-refractivity contribution is 6.01. The second-order valence-electron chi connectivity index (χ2n) is 7.94.